The van der Waals surface area contributed by atoms with Crippen molar-refractivity contribution in [2.75, 3.05) is 19.7 Å². The summed E-state index contributed by atoms with van der Waals surface area (Å²) in [6, 6.07) is 4.31. The van der Waals surface area contributed by atoms with Gasteiger partial charge in [0.2, 0.25) is 0 Å². The molecular formula is C25H34N10O5+2. The molecule has 4 atom stereocenters. The van der Waals surface area contributed by atoms with Crippen molar-refractivity contribution in [3.63, 3.8) is 0 Å². The van der Waals surface area contributed by atoms with Crippen LogP contribution in [0.25, 0.3) is 0 Å². The number of nitrogens with zero attached hydrogens (tertiary/aromatic N) is 2. The van der Waals surface area contributed by atoms with Gasteiger partial charge in [-0.1, -0.05) is 26.0 Å². The summed E-state index contributed by atoms with van der Waals surface area (Å²) in [5.41, 5.74) is 12.1. The topological polar surface area (TPSA) is 230 Å². The molecule has 12 N–H and O–H groups in total. The zero-order chi connectivity index (χ0) is 28.4. The first-order valence-corrected chi connectivity index (χ1v) is 13.1. The van der Waals surface area contributed by atoms with Crippen LogP contribution in [0.2, 0.25) is 0 Å². The Kier molecular flexibility index (Phi) is 5.71. The number of H-pyrrole nitrogens is 1. The van der Waals surface area contributed by atoms with Crippen molar-refractivity contribution >= 4 is 23.7 Å². The number of rotatable bonds is 5. The van der Waals surface area contributed by atoms with Crippen molar-refractivity contribution in [3.8, 4) is 5.75 Å². The number of aromatic amines is 1. The van der Waals surface area contributed by atoms with E-state index in [-0.39, 0.29) is 36.1 Å². The third kappa shape index (κ3) is 3.68. The van der Waals surface area contributed by atoms with Crippen LogP contribution in [0, 0.1) is 0 Å². The summed E-state index contributed by atoms with van der Waals surface area (Å²) in [5.74, 6) is -2.78. The lowest BCUT2D eigenvalue weighted by Gasteiger charge is -2.41. The summed E-state index contributed by atoms with van der Waals surface area (Å²) < 4.78 is 7.43. The fourth-order valence-corrected chi connectivity index (χ4v) is 6.28. The van der Waals surface area contributed by atoms with Gasteiger partial charge in [-0.2, -0.15) is 5.10 Å². The molecule has 1 unspecified atom stereocenters. The van der Waals surface area contributed by atoms with Gasteiger partial charge in [0.25, 0.3) is 23.3 Å². The average molecular weight is 555 g/mol. The summed E-state index contributed by atoms with van der Waals surface area (Å²) in [7, 11) is 0. The largest absolute Gasteiger partial charge is 0.492 e. The molecule has 1 saturated heterocycles. The third-order valence-corrected chi connectivity index (χ3v) is 8.45. The molecule has 4 aliphatic rings. The quantitative estimate of drug-likeness (QED) is 0.125. The van der Waals surface area contributed by atoms with Crippen LogP contribution in [0.5, 0.6) is 5.75 Å². The zero-order valence-electron chi connectivity index (χ0n) is 22.1. The molecule has 6 rings (SSSR count). The molecule has 40 heavy (non-hydrogen) atoms. The molecule has 1 aromatic carbocycles. The number of aromatic nitrogens is 2. The van der Waals surface area contributed by atoms with Gasteiger partial charge in [-0.25, -0.2) is 9.89 Å². The highest BCUT2D eigenvalue weighted by atomic mass is 16.5. The van der Waals surface area contributed by atoms with Gasteiger partial charge in [0, 0.05) is 11.8 Å². The van der Waals surface area contributed by atoms with E-state index in [2.05, 4.69) is 50.3 Å². The molecule has 4 aliphatic heterocycles. The second-order valence-corrected chi connectivity index (χ2v) is 11.3. The van der Waals surface area contributed by atoms with Crippen LogP contribution < -0.4 is 42.5 Å². The van der Waals surface area contributed by atoms with Crippen LogP contribution >= 0.6 is 0 Å². The first-order chi connectivity index (χ1) is 19.0. The Hall–Kier alpha value is -4.37. The molecular weight excluding hydrogens is 520 g/mol. The Labute approximate surface area is 229 Å². The summed E-state index contributed by atoms with van der Waals surface area (Å²) >= 11 is 0. The number of hydrogen-bond acceptors (Lipinski definition) is 10. The molecule has 5 heterocycles. The first kappa shape index (κ1) is 25.9. The number of amides is 2. The molecule has 0 radical (unpaired) electrons. The minimum atomic E-state index is -2.56. The van der Waals surface area contributed by atoms with Gasteiger partial charge in [-0.05, 0) is 24.0 Å². The maximum Gasteiger partial charge on any atom is 0.347 e. The van der Waals surface area contributed by atoms with Crippen molar-refractivity contribution in [3.05, 3.63) is 47.3 Å². The lowest BCUT2D eigenvalue weighted by Crippen LogP contribution is -2.92. The number of carbonyl (C=O) groups excluding carboxylic acids is 2. The number of carbonyl (C=O) groups is 2. The molecule has 0 saturated carbocycles. The number of nitrogens with two attached hydrogens (primary N) is 2. The van der Waals surface area contributed by atoms with Crippen molar-refractivity contribution in [2.45, 2.75) is 55.3 Å². The fourth-order valence-electron chi connectivity index (χ4n) is 6.28. The van der Waals surface area contributed by atoms with E-state index < -0.39 is 41.4 Å². The second-order valence-electron chi connectivity index (χ2n) is 11.3. The van der Waals surface area contributed by atoms with Crippen molar-refractivity contribution in [1.29, 1.82) is 0 Å². The standard InChI is InChI=1S/C25H32N10O5/c1-23(2)7-9-40-17-12(4-3-5-13(17)23)19(36)31-16-11-35-22(27)30-15(10-28-20(37)14-6-8-29-34-14)18-24(35,25(16,38)39)33-21(26)32-18/h3-6,8,15-16,18,38-39H,7,9-11H2,1-2H3,(H8,26,27,28,29,30,31,32,33,34,36,37)/p+2/t15-,16?,18-,24-/m0/s1. The molecule has 1 aromatic heterocycles. The number of ether oxygens (including phenoxy) is 1. The maximum absolute atomic E-state index is 13.6. The van der Waals surface area contributed by atoms with E-state index in [0.29, 0.717) is 17.9 Å². The lowest BCUT2D eigenvalue weighted by molar-refractivity contribution is -0.674. The van der Waals surface area contributed by atoms with Gasteiger partial charge in [0.15, 0.2) is 6.04 Å². The summed E-state index contributed by atoms with van der Waals surface area (Å²) in [6.07, 6.45) is 2.27. The average Bonchev–Trinajstić information content (AvgIpc) is 3.61. The van der Waals surface area contributed by atoms with Crippen LogP contribution in [0.15, 0.2) is 30.5 Å². The smallest absolute Gasteiger partial charge is 0.347 e. The van der Waals surface area contributed by atoms with E-state index in [4.69, 9.17) is 16.2 Å². The Balaban J connectivity index is 1.28. The van der Waals surface area contributed by atoms with E-state index in [0.717, 1.165) is 12.0 Å². The molecule has 2 aromatic rings. The summed E-state index contributed by atoms with van der Waals surface area (Å²) in [5, 5.41) is 41.4. The molecule has 212 valence electrons. The molecule has 15 nitrogen and oxygen atoms in total. The normalized spacial score (nSPS) is 29.1. The number of fused-ring (bicyclic) bond motifs is 1. The highest BCUT2D eigenvalue weighted by Gasteiger charge is 2.78. The number of benzene rings is 1. The van der Waals surface area contributed by atoms with Gasteiger partial charge < -0.3 is 25.6 Å². The number of guanidine groups is 2. The van der Waals surface area contributed by atoms with Crippen LogP contribution in [0.1, 0.15) is 46.7 Å². The van der Waals surface area contributed by atoms with Crippen LogP contribution in [0.4, 0.5) is 0 Å². The van der Waals surface area contributed by atoms with E-state index >= 15 is 0 Å². The summed E-state index contributed by atoms with van der Waals surface area (Å²) in [4.78, 5) is 29.1. The van der Waals surface area contributed by atoms with Gasteiger partial charge in [0.05, 0.1) is 25.3 Å². The van der Waals surface area contributed by atoms with E-state index in [1.54, 1.807) is 12.1 Å². The minimum absolute atomic E-state index is 0.0510. The molecule has 2 amide bonds. The fraction of sp³-hybridized carbons (Fsp3) is 0.480. The minimum Gasteiger partial charge on any atom is -0.492 e. The Morgan fingerprint density at radius 1 is 1.25 bits per heavy atom. The lowest BCUT2D eigenvalue weighted by atomic mass is 9.79. The predicted octanol–water partition coefficient (Wildman–Crippen LogP) is -4.94. The first-order valence-electron chi connectivity index (χ1n) is 13.1. The van der Waals surface area contributed by atoms with Gasteiger partial charge in [-0.15, -0.1) is 0 Å². The van der Waals surface area contributed by atoms with Crippen LogP contribution in [-0.4, -0.2) is 98.0 Å². The van der Waals surface area contributed by atoms with Crippen molar-refractivity contribution in [1.82, 2.24) is 31.5 Å². The molecule has 0 bridgehead atoms. The van der Waals surface area contributed by atoms with E-state index in [9.17, 15) is 19.8 Å². The monoisotopic (exact) mass is 554 g/mol. The van der Waals surface area contributed by atoms with Crippen LogP contribution in [-0.2, 0) is 5.41 Å². The van der Waals surface area contributed by atoms with Gasteiger partial charge in [0.1, 0.15) is 23.5 Å². The summed E-state index contributed by atoms with van der Waals surface area (Å²) in [6.45, 7) is 4.66. The van der Waals surface area contributed by atoms with Crippen LogP contribution in [0.3, 0.4) is 0 Å². The number of aliphatic hydroxyl groups is 2. The number of para-hydroxylation sites is 1. The van der Waals surface area contributed by atoms with E-state index in [1.165, 1.54) is 16.8 Å². The van der Waals surface area contributed by atoms with Gasteiger partial charge >= 0.3 is 11.9 Å². The molecule has 0 aliphatic carbocycles. The molecule has 1 spiro atoms. The van der Waals surface area contributed by atoms with Gasteiger partial charge in [-0.3, -0.25) is 36.5 Å². The number of hydrogen-bond donors (Lipinski definition) is 10. The van der Waals surface area contributed by atoms with Crippen molar-refractivity contribution < 1.29 is 34.1 Å². The second kappa shape index (κ2) is 8.82. The SMILES string of the molecule is CC1(C)CCOc2c(C(=O)NC3C[N+]4=C(N)N[C@@H](CNC(=O)c5ccn[nH]5)[C@@H]5[NH+]=C(N)N[C@@]54C3(O)O)cccc21. The van der Waals surface area contributed by atoms with E-state index in [1.807, 2.05) is 6.07 Å². The Morgan fingerprint density at radius 3 is 2.80 bits per heavy atom. The maximum atomic E-state index is 13.6. The highest BCUT2D eigenvalue weighted by molar-refractivity contribution is 5.98. The van der Waals surface area contributed by atoms with Crippen molar-refractivity contribution in [2.24, 2.45) is 11.5 Å². The Morgan fingerprint density at radius 2 is 2.05 bits per heavy atom. The molecule has 15 heteroatoms. The highest BCUT2D eigenvalue weighted by Crippen LogP contribution is 2.41. The molecule has 1 fully saturated rings. The zero-order valence-corrected chi connectivity index (χ0v) is 22.1. The Bertz CT molecular complexity index is 1440. The third-order valence-electron chi connectivity index (χ3n) is 8.45. The predicted molar refractivity (Wildman–Crippen MR) is 140 cm³/mol. The number of nitrogens with one attached hydrogen (secondary N) is 6.